The number of aryl methyl sites for hydroxylation is 3. The Kier molecular flexibility index (Phi) is 3.94. The van der Waals surface area contributed by atoms with Gasteiger partial charge in [-0.2, -0.15) is 5.10 Å². The van der Waals surface area contributed by atoms with E-state index in [0.29, 0.717) is 17.8 Å². The molecule has 4 rings (SSSR count). The highest BCUT2D eigenvalue weighted by atomic mass is 16.5. The van der Waals surface area contributed by atoms with Crippen LogP contribution < -0.4 is 10.1 Å². The molecular formula is C21H24N4O2. The van der Waals surface area contributed by atoms with Crippen molar-refractivity contribution in [2.24, 2.45) is 0 Å². The van der Waals surface area contributed by atoms with Crippen LogP contribution >= 0.6 is 0 Å². The maximum Gasteiger partial charge on any atom is 0.270 e. The number of benzene rings is 1. The Morgan fingerprint density at radius 2 is 2.00 bits per heavy atom. The summed E-state index contributed by atoms with van der Waals surface area (Å²) in [6, 6.07) is 9.63. The third-order valence-electron chi connectivity index (χ3n) is 4.89. The second-order valence-corrected chi connectivity index (χ2v) is 7.97. The molecule has 1 aliphatic rings. The van der Waals surface area contributed by atoms with Crippen LogP contribution in [-0.4, -0.2) is 26.1 Å². The lowest BCUT2D eigenvalue weighted by molar-refractivity contribution is 0.0617. The van der Waals surface area contributed by atoms with Crippen molar-refractivity contribution in [3.05, 3.63) is 58.5 Å². The van der Waals surface area contributed by atoms with E-state index in [0.717, 1.165) is 28.3 Å². The lowest BCUT2D eigenvalue weighted by atomic mass is 9.89. The molecule has 3 heterocycles. The Bertz CT molecular complexity index is 1050. The summed E-state index contributed by atoms with van der Waals surface area (Å²) >= 11 is 0. The van der Waals surface area contributed by atoms with Crippen molar-refractivity contribution >= 4 is 11.6 Å². The van der Waals surface area contributed by atoms with Gasteiger partial charge in [0.15, 0.2) is 5.65 Å². The van der Waals surface area contributed by atoms with E-state index in [4.69, 9.17) is 4.74 Å². The maximum atomic E-state index is 13.0. The van der Waals surface area contributed by atoms with Gasteiger partial charge >= 0.3 is 0 Å². The molecule has 0 aliphatic carbocycles. The molecule has 27 heavy (non-hydrogen) atoms. The highest BCUT2D eigenvalue weighted by molar-refractivity contribution is 5.93. The minimum absolute atomic E-state index is 0.123. The molecule has 0 radical (unpaired) electrons. The van der Waals surface area contributed by atoms with Crippen molar-refractivity contribution in [1.82, 2.24) is 19.9 Å². The van der Waals surface area contributed by atoms with Crippen LogP contribution in [0.2, 0.25) is 0 Å². The number of carbonyl (C=O) groups excluding carboxylic acids is 1. The highest BCUT2D eigenvalue weighted by Crippen LogP contribution is 2.40. The summed E-state index contributed by atoms with van der Waals surface area (Å²) in [6.45, 7) is 9.96. The fourth-order valence-electron chi connectivity index (χ4n) is 3.68. The molecule has 0 fully saturated rings. The number of ether oxygens (including phenoxy) is 1. The SMILES string of the molecule is Cc1ccc2c(c1)OC(C)(C)CC2NC(=O)c1cc(C)n2nc(C)cc2n1. The van der Waals surface area contributed by atoms with E-state index in [1.165, 1.54) is 0 Å². The molecule has 1 unspecified atom stereocenters. The Morgan fingerprint density at radius 1 is 1.22 bits per heavy atom. The summed E-state index contributed by atoms with van der Waals surface area (Å²) in [5.41, 5.74) is 4.62. The van der Waals surface area contributed by atoms with E-state index in [1.807, 2.05) is 58.9 Å². The van der Waals surface area contributed by atoms with Gasteiger partial charge < -0.3 is 10.1 Å². The summed E-state index contributed by atoms with van der Waals surface area (Å²) in [5, 5.41) is 7.55. The largest absolute Gasteiger partial charge is 0.487 e. The second-order valence-electron chi connectivity index (χ2n) is 7.97. The van der Waals surface area contributed by atoms with E-state index < -0.39 is 0 Å². The van der Waals surface area contributed by atoms with E-state index in [2.05, 4.69) is 15.4 Å². The van der Waals surface area contributed by atoms with Crippen LogP contribution in [0.3, 0.4) is 0 Å². The third-order valence-corrected chi connectivity index (χ3v) is 4.89. The Hall–Kier alpha value is -2.89. The zero-order valence-corrected chi connectivity index (χ0v) is 16.3. The monoisotopic (exact) mass is 364 g/mol. The van der Waals surface area contributed by atoms with Gasteiger partial charge in [0.05, 0.1) is 11.7 Å². The van der Waals surface area contributed by atoms with E-state index in [9.17, 15) is 4.79 Å². The van der Waals surface area contributed by atoms with Crippen molar-refractivity contribution in [3.63, 3.8) is 0 Å². The van der Waals surface area contributed by atoms with E-state index in [-0.39, 0.29) is 17.6 Å². The molecular weight excluding hydrogens is 340 g/mol. The van der Waals surface area contributed by atoms with E-state index >= 15 is 0 Å². The topological polar surface area (TPSA) is 68.5 Å². The molecule has 6 nitrogen and oxygen atoms in total. The Balaban J connectivity index is 1.67. The molecule has 140 valence electrons. The van der Waals surface area contributed by atoms with Crippen LogP contribution in [-0.2, 0) is 0 Å². The third kappa shape index (κ3) is 3.27. The quantitative estimate of drug-likeness (QED) is 0.753. The first-order chi connectivity index (χ1) is 12.7. The maximum absolute atomic E-state index is 13.0. The average molecular weight is 364 g/mol. The first kappa shape index (κ1) is 17.5. The number of hydrogen-bond acceptors (Lipinski definition) is 4. The van der Waals surface area contributed by atoms with Gasteiger partial charge in [-0.3, -0.25) is 4.79 Å². The molecule has 0 spiro atoms. The smallest absolute Gasteiger partial charge is 0.270 e. The van der Waals surface area contributed by atoms with Gasteiger partial charge in [-0.25, -0.2) is 9.50 Å². The standard InChI is InChI=1S/C21H24N4O2/c1-12-6-7-15-17(11-21(4,5)27-18(15)8-12)23-20(26)16-10-14(3)25-19(22-16)9-13(2)24-25/h6-10,17H,11H2,1-5H3,(H,23,26). The van der Waals surface area contributed by atoms with Gasteiger partial charge in [0.25, 0.3) is 5.91 Å². The molecule has 0 bridgehead atoms. The zero-order chi connectivity index (χ0) is 19.3. The number of nitrogens with zero attached hydrogens (tertiary/aromatic N) is 3. The van der Waals surface area contributed by atoms with Crippen LogP contribution in [0.5, 0.6) is 5.75 Å². The van der Waals surface area contributed by atoms with Crippen LogP contribution in [0.15, 0.2) is 30.3 Å². The summed E-state index contributed by atoms with van der Waals surface area (Å²) in [5.74, 6) is 0.649. The Morgan fingerprint density at radius 3 is 2.78 bits per heavy atom. The normalized spacial score (nSPS) is 18.0. The minimum Gasteiger partial charge on any atom is -0.487 e. The molecule has 1 amide bonds. The van der Waals surface area contributed by atoms with E-state index in [1.54, 1.807) is 10.6 Å². The van der Waals surface area contributed by atoms with Crippen molar-refractivity contribution in [1.29, 1.82) is 0 Å². The second kappa shape index (κ2) is 6.08. The van der Waals surface area contributed by atoms with Gasteiger partial charge in [-0.15, -0.1) is 0 Å². The van der Waals surface area contributed by atoms with Crippen LogP contribution in [0, 0.1) is 20.8 Å². The number of rotatable bonds is 2. The predicted molar refractivity (Wildman–Crippen MR) is 103 cm³/mol. The zero-order valence-electron chi connectivity index (χ0n) is 16.3. The fraction of sp³-hybridized carbons (Fsp3) is 0.381. The number of amides is 1. The van der Waals surface area contributed by atoms with Gasteiger partial charge in [0.2, 0.25) is 0 Å². The van der Waals surface area contributed by atoms with Gasteiger partial charge in [-0.05, 0) is 52.3 Å². The molecule has 1 N–H and O–H groups in total. The first-order valence-electron chi connectivity index (χ1n) is 9.16. The number of nitrogens with one attached hydrogen (secondary N) is 1. The minimum atomic E-state index is -0.353. The van der Waals surface area contributed by atoms with Crippen molar-refractivity contribution in [3.8, 4) is 5.75 Å². The summed E-state index contributed by atoms with van der Waals surface area (Å²) < 4.78 is 7.87. The van der Waals surface area contributed by atoms with Gasteiger partial charge in [0.1, 0.15) is 17.0 Å². The molecule has 0 saturated carbocycles. The van der Waals surface area contributed by atoms with Crippen molar-refractivity contribution < 1.29 is 9.53 Å². The highest BCUT2D eigenvalue weighted by Gasteiger charge is 2.34. The first-order valence-corrected chi connectivity index (χ1v) is 9.16. The number of carbonyl (C=O) groups is 1. The van der Waals surface area contributed by atoms with Gasteiger partial charge in [-0.1, -0.05) is 12.1 Å². The molecule has 1 aromatic carbocycles. The number of fused-ring (bicyclic) bond motifs is 2. The lowest BCUT2D eigenvalue weighted by Crippen LogP contribution is -2.41. The number of hydrogen-bond donors (Lipinski definition) is 1. The van der Waals surface area contributed by atoms with Gasteiger partial charge in [0, 0.05) is 23.7 Å². The molecule has 1 atom stereocenters. The van der Waals surface area contributed by atoms with Crippen molar-refractivity contribution in [2.45, 2.75) is 52.7 Å². The van der Waals surface area contributed by atoms with Crippen molar-refractivity contribution in [2.75, 3.05) is 0 Å². The molecule has 6 heteroatoms. The molecule has 3 aromatic rings. The summed E-state index contributed by atoms with van der Waals surface area (Å²) in [6.07, 6.45) is 0.696. The Labute approximate surface area is 158 Å². The summed E-state index contributed by atoms with van der Waals surface area (Å²) in [7, 11) is 0. The molecule has 0 saturated heterocycles. The van der Waals surface area contributed by atoms with Crippen LogP contribution in [0.1, 0.15) is 59.3 Å². The van der Waals surface area contributed by atoms with Crippen LogP contribution in [0.25, 0.3) is 5.65 Å². The molecule has 2 aromatic heterocycles. The predicted octanol–water partition coefficient (Wildman–Crippen LogP) is 3.69. The van der Waals surface area contributed by atoms with Crippen LogP contribution in [0.4, 0.5) is 0 Å². The number of aromatic nitrogens is 3. The molecule has 1 aliphatic heterocycles. The average Bonchev–Trinajstić information content (AvgIpc) is 2.94. The fourth-order valence-corrected chi connectivity index (χ4v) is 3.68. The summed E-state index contributed by atoms with van der Waals surface area (Å²) in [4.78, 5) is 17.4. The lowest BCUT2D eigenvalue weighted by Gasteiger charge is -2.38.